The summed E-state index contributed by atoms with van der Waals surface area (Å²) in [6.07, 6.45) is -5.42. The zero-order valence-electron chi connectivity index (χ0n) is 9.45. The third-order valence-corrected chi connectivity index (χ3v) is 2.05. The van der Waals surface area contributed by atoms with Crippen molar-refractivity contribution >= 4 is 11.4 Å². The Morgan fingerprint density at radius 1 is 1.39 bits per heavy atom. The highest BCUT2D eigenvalue weighted by Gasteiger charge is 2.27. The molecule has 100 valence electrons. The summed E-state index contributed by atoms with van der Waals surface area (Å²) in [6, 6.07) is 3.73. The smallest absolute Gasteiger partial charge is 0.392 e. The van der Waals surface area contributed by atoms with Gasteiger partial charge in [-0.05, 0) is 0 Å². The molecule has 8 heteroatoms. The van der Waals surface area contributed by atoms with E-state index < -0.39 is 24.1 Å². The first kappa shape index (κ1) is 14.1. The maximum atomic E-state index is 11.9. The Bertz CT molecular complexity index is 435. The van der Waals surface area contributed by atoms with Gasteiger partial charge in [-0.2, -0.15) is 13.2 Å². The Morgan fingerprint density at radius 2 is 2.06 bits per heavy atom. The Kier molecular flexibility index (Phi) is 4.35. The second-order valence-corrected chi connectivity index (χ2v) is 3.44. The Morgan fingerprint density at radius 3 is 2.56 bits per heavy atom. The maximum absolute atomic E-state index is 11.9. The quantitative estimate of drug-likeness (QED) is 0.656. The lowest BCUT2D eigenvalue weighted by Gasteiger charge is -2.09. The number of nitro benzene ring substituents is 1. The minimum atomic E-state index is -4.31. The fourth-order valence-electron chi connectivity index (χ4n) is 1.20. The van der Waals surface area contributed by atoms with Crippen LogP contribution in [0.15, 0.2) is 18.2 Å². The van der Waals surface area contributed by atoms with Crippen molar-refractivity contribution < 1.29 is 22.8 Å². The molecule has 0 atom stereocenters. The van der Waals surface area contributed by atoms with Gasteiger partial charge in [-0.15, -0.1) is 0 Å². The van der Waals surface area contributed by atoms with Crippen molar-refractivity contribution in [2.75, 3.05) is 19.0 Å². The van der Waals surface area contributed by atoms with Gasteiger partial charge in [0, 0.05) is 24.9 Å². The lowest BCUT2D eigenvalue weighted by molar-refractivity contribution is -0.384. The number of anilines is 1. The number of ether oxygens (including phenoxy) is 1. The summed E-state index contributed by atoms with van der Waals surface area (Å²) >= 11 is 0. The second-order valence-electron chi connectivity index (χ2n) is 3.44. The van der Waals surface area contributed by atoms with E-state index in [2.05, 4.69) is 5.32 Å². The molecule has 0 spiro atoms. The molecule has 0 heterocycles. The highest BCUT2D eigenvalue weighted by Crippen LogP contribution is 2.27. The molecule has 1 aromatic rings. The van der Waals surface area contributed by atoms with Crippen LogP contribution in [0.4, 0.5) is 24.5 Å². The minimum absolute atomic E-state index is 0.0257. The lowest BCUT2D eigenvalue weighted by atomic mass is 10.2. The average Bonchev–Trinajstić information content (AvgIpc) is 2.26. The first-order chi connectivity index (χ1) is 8.31. The number of hydrogen-bond donors (Lipinski definition) is 1. The number of non-ortho nitro benzene ring substituents is 1. The van der Waals surface area contributed by atoms with E-state index in [4.69, 9.17) is 4.74 Å². The van der Waals surface area contributed by atoms with Crippen molar-refractivity contribution in [1.29, 1.82) is 0 Å². The van der Waals surface area contributed by atoms with Crippen LogP contribution in [-0.2, 0) is 0 Å². The predicted molar refractivity (Wildman–Crippen MR) is 58.8 cm³/mol. The van der Waals surface area contributed by atoms with Gasteiger partial charge in [-0.1, -0.05) is 0 Å². The van der Waals surface area contributed by atoms with Crippen molar-refractivity contribution in [3.63, 3.8) is 0 Å². The van der Waals surface area contributed by atoms with Gasteiger partial charge >= 0.3 is 6.18 Å². The number of alkyl halides is 3. The van der Waals surface area contributed by atoms with Crippen molar-refractivity contribution in [3.8, 4) is 5.75 Å². The first-order valence-corrected chi connectivity index (χ1v) is 4.98. The second kappa shape index (κ2) is 5.56. The molecule has 0 saturated carbocycles. The molecule has 18 heavy (non-hydrogen) atoms. The van der Waals surface area contributed by atoms with Gasteiger partial charge in [0.25, 0.3) is 5.69 Å². The first-order valence-electron chi connectivity index (χ1n) is 4.98. The van der Waals surface area contributed by atoms with Gasteiger partial charge in [-0.25, -0.2) is 0 Å². The Hall–Kier alpha value is -1.99. The molecule has 0 unspecified atom stereocenters. The molecule has 0 saturated heterocycles. The van der Waals surface area contributed by atoms with Crippen LogP contribution in [0.5, 0.6) is 5.75 Å². The fourth-order valence-corrected chi connectivity index (χ4v) is 1.20. The highest BCUT2D eigenvalue weighted by molar-refractivity contribution is 5.55. The molecular formula is C10H11F3N2O3. The van der Waals surface area contributed by atoms with Crippen LogP contribution in [0.1, 0.15) is 6.42 Å². The number of hydrogen-bond acceptors (Lipinski definition) is 4. The summed E-state index contributed by atoms with van der Waals surface area (Å²) in [5.41, 5.74) is 0.148. The number of rotatable bonds is 5. The largest absolute Gasteiger partial charge is 0.493 e. The van der Waals surface area contributed by atoms with Crippen LogP contribution < -0.4 is 10.1 Å². The monoisotopic (exact) mass is 264 g/mol. The van der Waals surface area contributed by atoms with E-state index in [0.717, 1.165) is 6.07 Å². The summed E-state index contributed by atoms with van der Waals surface area (Å²) < 4.78 is 40.6. The molecular weight excluding hydrogens is 253 g/mol. The van der Waals surface area contributed by atoms with Crippen molar-refractivity contribution in [1.82, 2.24) is 0 Å². The number of nitrogens with one attached hydrogen (secondary N) is 1. The van der Waals surface area contributed by atoms with E-state index in [1.807, 2.05) is 0 Å². The van der Waals surface area contributed by atoms with Crippen molar-refractivity contribution in [2.24, 2.45) is 0 Å². The normalized spacial score (nSPS) is 11.1. The topological polar surface area (TPSA) is 64.4 Å². The fraction of sp³-hybridized carbons (Fsp3) is 0.400. The minimum Gasteiger partial charge on any atom is -0.493 e. The van der Waals surface area contributed by atoms with Gasteiger partial charge < -0.3 is 10.1 Å². The third kappa shape index (κ3) is 4.48. The molecule has 1 aromatic carbocycles. The molecule has 0 aliphatic heterocycles. The van der Waals surface area contributed by atoms with E-state index >= 15 is 0 Å². The van der Waals surface area contributed by atoms with Gasteiger partial charge in [0.1, 0.15) is 5.75 Å². The Balaban J connectivity index is 2.76. The highest BCUT2D eigenvalue weighted by atomic mass is 19.4. The standard InChI is InChI=1S/C10H11F3N2O3/c1-14-7-4-8(15(16)17)6-9(5-7)18-3-2-10(11,12)13/h4-6,14H,2-3H2,1H3. The molecule has 0 aliphatic carbocycles. The van der Waals surface area contributed by atoms with E-state index in [-0.39, 0.29) is 11.4 Å². The maximum Gasteiger partial charge on any atom is 0.392 e. The van der Waals surface area contributed by atoms with Gasteiger partial charge in [-0.3, -0.25) is 10.1 Å². The molecule has 0 bridgehead atoms. The number of benzene rings is 1. The molecule has 0 fully saturated rings. The van der Waals surface area contributed by atoms with Crippen molar-refractivity contribution in [3.05, 3.63) is 28.3 Å². The molecule has 0 aromatic heterocycles. The van der Waals surface area contributed by atoms with Gasteiger partial charge in [0.2, 0.25) is 0 Å². The average molecular weight is 264 g/mol. The number of halogens is 3. The van der Waals surface area contributed by atoms with Crippen LogP contribution in [-0.4, -0.2) is 24.8 Å². The SMILES string of the molecule is CNc1cc(OCCC(F)(F)F)cc([N+](=O)[O-])c1. The molecule has 0 aliphatic rings. The zero-order chi connectivity index (χ0) is 13.8. The summed E-state index contributed by atoms with van der Waals surface area (Å²) in [7, 11) is 1.54. The van der Waals surface area contributed by atoms with E-state index in [0.29, 0.717) is 5.69 Å². The van der Waals surface area contributed by atoms with Crippen molar-refractivity contribution in [2.45, 2.75) is 12.6 Å². The predicted octanol–water partition coefficient (Wildman–Crippen LogP) is 2.97. The summed E-state index contributed by atoms with van der Waals surface area (Å²) in [4.78, 5) is 9.96. The summed E-state index contributed by atoms with van der Waals surface area (Å²) in [5.74, 6) is 0.0257. The number of nitro groups is 1. The lowest BCUT2D eigenvalue weighted by Crippen LogP contribution is -2.13. The Labute approximate surface area is 101 Å². The van der Waals surface area contributed by atoms with Crippen LogP contribution in [0.3, 0.4) is 0 Å². The molecule has 0 amide bonds. The van der Waals surface area contributed by atoms with Crippen LogP contribution in [0.25, 0.3) is 0 Å². The van der Waals surface area contributed by atoms with E-state index in [1.54, 1.807) is 7.05 Å². The van der Waals surface area contributed by atoms with E-state index in [9.17, 15) is 23.3 Å². The van der Waals surface area contributed by atoms with Gasteiger partial charge in [0.15, 0.2) is 0 Å². The van der Waals surface area contributed by atoms with E-state index in [1.165, 1.54) is 12.1 Å². The summed E-state index contributed by atoms with van der Waals surface area (Å²) in [6.45, 7) is -0.576. The molecule has 5 nitrogen and oxygen atoms in total. The molecule has 0 radical (unpaired) electrons. The van der Waals surface area contributed by atoms with Crippen LogP contribution in [0, 0.1) is 10.1 Å². The van der Waals surface area contributed by atoms with Crippen LogP contribution in [0.2, 0.25) is 0 Å². The molecule has 1 N–H and O–H groups in total. The number of nitrogens with zero attached hydrogens (tertiary/aromatic N) is 1. The zero-order valence-corrected chi connectivity index (χ0v) is 9.45. The molecule has 1 rings (SSSR count). The van der Waals surface area contributed by atoms with Gasteiger partial charge in [0.05, 0.1) is 24.0 Å². The third-order valence-electron chi connectivity index (χ3n) is 2.05. The summed E-state index contributed by atoms with van der Waals surface area (Å²) in [5, 5.41) is 13.3. The van der Waals surface area contributed by atoms with Crippen LogP contribution >= 0.6 is 0 Å².